The molecule has 1 heterocycles. The molecule has 0 saturated carbocycles. The first kappa shape index (κ1) is 18.4. The first-order chi connectivity index (χ1) is 11.9. The number of rotatable bonds is 6. The smallest absolute Gasteiger partial charge is 0.352 e. The molecule has 1 amide bonds. The van der Waals surface area contributed by atoms with E-state index in [9.17, 15) is 14.4 Å². The van der Waals surface area contributed by atoms with Gasteiger partial charge < -0.3 is 9.64 Å². The van der Waals surface area contributed by atoms with Gasteiger partial charge in [-0.3, -0.25) is 14.2 Å². The summed E-state index contributed by atoms with van der Waals surface area (Å²) in [5.41, 5.74) is -1.06. The number of benzene rings is 1. The van der Waals surface area contributed by atoms with Crippen LogP contribution >= 0.6 is 0 Å². The van der Waals surface area contributed by atoms with Crippen LogP contribution in [0.2, 0.25) is 0 Å². The molecule has 2 aromatic rings. The highest BCUT2D eigenvalue weighted by Gasteiger charge is 2.22. The summed E-state index contributed by atoms with van der Waals surface area (Å²) in [7, 11) is 3.12. The Bertz CT molecular complexity index is 868. The zero-order valence-corrected chi connectivity index (χ0v) is 14.9. The fraction of sp³-hybridized carbons (Fsp3) is 0.412. The van der Waals surface area contributed by atoms with Crippen LogP contribution in [0.3, 0.4) is 0 Å². The Morgan fingerprint density at radius 1 is 1.20 bits per heavy atom. The summed E-state index contributed by atoms with van der Waals surface area (Å²) in [5, 5.41) is 4.05. The molecule has 0 N–H and O–H groups in total. The van der Waals surface area contributed by atoms with Crippen molar-refractivity contribution in [3.63, 3.8) is 0 Å². The number of aromatic nitrogens is 3. The minimum Gasteiger partial charge on any atom is -0.497 e. The number of methoxy groups -OCH3 is 1. The summed E-state index contributed by atoms with van der Waals surface area (Å²) in [6.45, 7) is 4.29. The number of ether oxygens (including phenoxy) is 1. The molecule has 0 aliphatic carbocycles. The van der Waals surface area contributed by atoms with Crippen molar-refractivity contribution in [2.75, 3.05) is 20.7 Å². The Labute approximate surface area is 145 Å². The topological polar surface area (TPSA) is 86.4 Å². The number of hydrogen-bond donors (Lipinski definition) is 0. The van der Waals surface area contributed by atoms with Crippen molar-refractivity contribution in [2.24, 2.45) is 0 Å². The van der Waals surface area contributed by atoms with Crippen LogP contribution in [-0.2, 0) is 6.54 Å². The van der Waals surface area contributed by atoms with Crippen LogP contribution in [0.25, 0.3) is 5.69 Å². The maximum atomic E-state index is 12.7. The van der Waals surface area contributed by atoms with Crippen LogP contribution < -0.4 is 16.0 Å². The van der Waals surface area contributed by atoms with E-state index in [1.165, 1.54) is 12.0 Å². The molecule has 8 nitrogen and oxygen atoms in total. The third kappa shape index (κ3) is 3.62. The maximum absolute atomic E-state index is 12.7. The van der Waals surface area contributed by atoms with E-state index in [1.54, 1.807) is 38.2 Å². The lowest BCUT2D eigenvalue weighted by atomic mass is 10.3. The molecule has 0 saturated heterocycles. The van der Waals surface area contributed by atoms with E-state index in [2.05, 4.69) is 5.10 Å². The highest BCUT2D eigenvalue weighted by atomic mass is 16.5. The van der Waals surface area contributed by atoms with Crippen molar-refractivity contribution in [3.8, 4) is 11.4 Å². The molecule has 1 aromatic carbocycles. The molecule has 134 valence electrons. The average Bonchev–Trinajstić information content (AvgIpc) is 2.64. The van der Waals surface area contributed by atoms with E-state index in [0.717, 1.165) is 9.25 Å². The molecule has 0 aliphatic heterocycles. The average molecular weight is 346 g/mol. The predicted octanol–water partition coefficient (Wildman–Crippen LogP) is 0.905. The van der Waals surface area contributed by atoms with Gasteiger partial charge in [-0.15, -0.1) is 0 Å². The molecule has 0 atom stereocenters. The number of nitrogens with zero attached hydrogens (tertiary/aromatic N) is 4. The monoisotopic (exact) mass is 346 g/mol. The second kappa shape index (κ2) is 7.78. The largest absolute Gasteiger partial charge is 0.497 e. The van der Waals surface area contributed by atoms with Crippen molar-refractivity contribution in [3.05, 3.63) is 50.8 Å². The molecule has 25 heavy (non-hydrogen) atoms. The number of amides is 1. The van der Waals surface area contributed by atoms with Gasteiger partial charge in [-0.25, -0.2) is 4.79 Å². The zero-order chi connectivity index (χ0) is 18.6. The SMILES string of the molecule is CCCn1c(=O)c(C(=O)N(C)CC)nn(-c2ccc(OC)cc2)c1=O. The molecule has 0 bridgehead atoms. The summed E-state index contributed by atoms with van der Waals surface area (Å²) in [5.74, 6) is 0.111. The Balaban J connectivity index is 2.70. The molecule has 8 heteroatoms. The second-order valence-electron chi connectivity index (χ2n) is 5.52. The third-order valence-corrected chi connectivity index (χ3v) is 3.85. The molecule has 0 radical (unpaired) electrons. The van der Waals surface area contributed by atoms with Gasteiger partial charge in [0.1, 0.15) is 5.75 Å². The van der Waals surface area contributed by atoms with E-state index >= 15 is 0 Å². The van der Waals surface area contributed by atoms with E-state index in [-0.39, 0.29) is 12.2 Å². The fourth-order valence-electron chi connectivity index (χ4n) is 2.29. The van der Waals surface area contributed by atoms with Gasteiger partial charge in [0.2, 0.25) is 5.69 Å². The van der Waals surface area contributed by atoms with Gasteiger partial charge in [0.05, 0.1) is 12.8 Å². The standard InChI is InChI=1S/C17H22N4O4/c1-5-11-20-16(23)14(15(22)19(3)6-2)18-21(17(20)24)12-7-9-13(25-4)10-8-12/h7-10H,5-6,11H2,1-4H3. The van der Waals surface area contributed by atoms with Gasteiger partial charge in [0.25, 0.3) is 11.5 Å². The lowest BCUT2D eigenvalue weighted by molar-refractivity contribution is 0.0791. The zero-order valence-electron chi connectivity index (χ0n) is 14.9. The Morgan fingerprint density at radius 3 is 2.36 bits per heavy atom. The van der Waals surface area contributed by atoms with Gasteiger partial charge in [-0.2, -0.15) is 9.78 Å². The third-order valence-electron chi connectivity index (χ3n) is 3.85. The molecule has 0 spiro atoms. The summed E-state index contributed by atoms with van der Waals surface area (Å²) < 4.78 is 7.23. The van der Waals surface area contributed by atoms with Crippen LogP contribution in [0.4, 0.5) is 0 Å². The predicted molar refractivity (Wildman–Crippen MR) is 93.6 cm³/mol. The minimum atomic E-state index is -0.665. The molecule has 0 aliphatic rings. The van der Waals surface area contributed by atoms with E-state index in [0.29, 0.717) is 24.4 Å². The van der Waals surface area contributed by atoms with Crippen molar-refractivity contribution < 1.29 is 9.53 Å². The van der Waals surface area contributed by atoms with Crippen molar-refractivity contribution >= 4 is 5.91 Å². The number of carbonyl (C=O) groups is 1. The fourth-order valence-corrected chi connectivity index (χ4v) is 2.29. The molecule has 0 fully saturated rings. The van der Waals surface area contributed by atoms with Crippen LogP contribution in [0.5, 0.6) is 5.75 Å². The van der Waals surface area contributed by atoms with Crippen LogP contribution in [0, 0.1) is 0 Å². The minimum absolute atomic E-state index is 0.215. The normalized spacial score (nSPS) is 10.6. The van der Waals surface area contributed by atoms with E-state index in [1.807, 2.05) is 6.92 Å². The molecular weight excluding hydrogens is 324 g/mol. The lowest BCUT2D eigenvalue weighted by Crippen LogP contribution is -2.46. The summed E-state index contributed by atoms with van der Waals surface area (Å²) in [4.78, 5) is 39.0. The molecule has 1 aromatic heterocycles. The van der Waals surface area contributed by atoms with Crippen LogP contribution in [0.1, 0.15) is 30.8 Å². The summed E-state index contributed by atoms with van der Waals surface area (Å²) in [6, 6.07) is 6.65. The molecular formula is C17H22N4O4. The van der Waals surface area contributed by atoms with Crippen LogP contribution in [0.15, 0.2) is 33.9 Å². The summed E-state index contributed by atoms with van der Waals surface area (Å²) in [6.07, 6.45) is 0.582. The number of carbonyl (C=O) groups excluding carboxylic acids is 1. The Kier molecular flexibility index (Phi) is 5.74. The van der Waals surface area contributed by atoms with Gasteiger partial charge in [0.15, 0.2) is 0 Å². The Hall–Kier alpha value is -2.90. The second-order valence-corrected chi connectivity index (χ2v) is 5.52. The van der Waals surface area contributed by atoms with Gasteiger partial charge in [-0.1, -0.05) is 6.92 Å². The molecule has 2 rings (SSSR count). The summed E-state index contributed by atoms with van der Waals surface area (Å²) >= 11 is 0. The van der Waals surface area contributed by atoms with Crippen molar-refractivity contribution in [1.29, 1.82) is 0 Å². The van der Waals surface area contributed by atoms with E-state index < -0.39 is 17.2 Å². The van der Waals surface area contributed by atoms with Crippen LogP contribution in [-0.4, -0.2) is 45.9 Å². The first-order valence-corrected chi connectivity index (χ1v) is 8.08. The lowest BCUT2D eigenvalue weighted by Gasteiger charge is -2.16. The highest BCUT2D eigenvalue weighted by molar-refractivity contribution is 5.91. The van der Waals surface area contributed by atoms with Crippen molar-refractivity contribution in [2.45, 2.75) is 26.8 Å². The van der Waals surface area contributed by atoms with Crippen molar-refractivity contribution in [1.82, 2.24) is 19.2 Å². The van der Waals surface area contributed by atoms with E-state index in [4.69, 9.17) is 4.74 Å². The van der Waals surface area contributed by atoms with Gasteiger partial charge in [-0.05, 0) is 37.6 Å². The maximum Gasteiger partial charge on any atom is 0.352 e. The first-order valence-electron chi connectivity index (χ1n) is 8.08. The number of hydrogen-bond acceptors (Lipinski definition) is 5. The highest BCUT2D eigenvalue weighted by Crippen LogP contribution is 2.12. The quantitative estimate of drug-likeness (QED) is 0.776. The Morgan fingerprint density at radius 2 is 1.84 bits per heavy atom. The van der Waals surface area contributed by atoms with Gasteiger partial charge in [0, 0.05) is 20.1 Å². The molecule has 0 unspecified atom stereocenters. The van der Waals surface area contributed by atoms with Gasteiger partial charge >= 0.3 is 5.69 Å².